The van der Waals surface area contributed by atoms with Crippen LogP contribution in [0, 0.1) is 0 Å². The second-order valence-corrected chi connectivity index (χ2v) is 5.11. The molecule has 120 valence electrons. The van der Waals surface area contributed by atoms with E-state index in [0.29, 0.717) is 25.8 Å². The molecule has 7 heteroatoms. The van der Waals surface area contributed by atoms with Crippen LogP contribution in [0.15, 0.2) is 24.3 Å². The van der Waals surface area contributed by atoms with E-state index in [2.05, 4.69) is 4.74 Å². The second kappa shape index (κ2) is 7.20. The summed E-state index contributed by atoms with van der Waals surface area (Å²) in [4.78, 5) is 24.5. The predicted octanol–water partition coefficient (Wildman–Crippen LogP) is 2.30. The van der Waals surface area contributed by atoms with Crippen LogP contribution in [0.3, 0.4) is 0 Å². The van der Waals surface area contributed by atoms with Crippen LogP contribution in [0.2, 0.25) is 0 Å². The van der Waals surface area contributed by atoms with Crippen molar-refractivity contribution in [2.24, 2.45) is 0 Å². The lowest BCUT2D eigenvalue weighted by atomic mass is 10.1. The van der Waals surface area contributed by atoms with Gasteiger partial charge in [-0.05, 0) is 37.0 Å². The summed E-state index contributed by atoms with van der Waals surface area (Å²) in [6, 6.07) is 5.34. The highest BCUT2D eigenvalue weighted by molar-refractivity contribution is 5.84. The first-order valence-electron chi connectivity index (χ1n) is 7.03. The zero-order chi connectivity index (χ0) is 16.1. The van der Waals surface area contributed by atoms with E-state index in [1.165, 1.54) is 17.0 Å². The van der Waals surface area contributed by atoms with Gasteiger partial charge in [0.2, 0.25) is 5.91 Å². The Labute approximate surface area is 126 Å². The Hall–Kier alpha value is -2.18. The van der Waals surface area contributed by atoms with E-state index in [9.17, 15) is 18.4 Å². The fourth-order valence-corrected chi connectivity index (χ4v) is 2.55. The molecule has 5 nitrogen and oxygen atoms in total. The first kappa shape index (κ1) is 16.2. The standard InChI is InChI=1S/C15H17F2NO4/c16-15(17)22-11-6-3-10(4-7-11)5-8-13(19)18-9-1-2-12(18)14(20)21/h3-4,6-7,12,15H,1-2,5,8-9H2,(H,20,21)/t12-/m0/s1. The highest BCUT2D eigenvalue weighted by Crippen LogP contribution is 2.20. The van der Waals surface area contributed by atoms with Gasteiger partial charge in [-0.25, -0.2) is 4.79 Å². The normalized spacial score (nSPS) is 17.8. The van der Waals surface area contributed by atoms with E-state index in [4.69, 9.17) is 5.11 Å². The van der Waals surface area contributed by atoms with Gasteiger partial charge in [-0.15, -0.1) is 0 Å². The summed E-state index contributed by atoms with van der Waals surface area (Å²) in [5.74, 6) is -1.10. The second-order valence-electron chi connectivity index (χ2n) is 5.11. The highest BCUT2D eigenvalue weighted by atomic mass is 19.3. The van der Waals surface area contributed by atoms with Crippen molar-refractivity contribution < 1.29 is 28.2 Å². The molecule has 1 N–H and O–H groups in total. The Bertz CT molecular complexity index is 533. The zero-order valence-electron chi connectivity index (χ0n) is 11.9. The maximum atomic E-state index is 12.1. The van der Waals surface area contributed by atoms with Crippen molar-refractivity contribution >= 4 is 11.9 Å². The van der Waals surface area contributed by atoms with Gasteiger partial charge in [0.15, 0.2) is 0 Å². The van der Waals surface area contributed by atoms with Crippen molar-refractivity contribution in [2.45, 2.75) is 38.3 Å². The summed E-state index contributed by atoms with van der Waals surface area (Å²) < 4.78 is 28.3. The minimum Gasteiger partial charge on any atom is -0.480 e. The van der Waals surface area contributed by atoms with E-state index >= 15 is 0 Å². The molecule has 0 radical (unpaired) electrons. The third-order valence-corrected chi connectivity index (χ3v) is 3.63. The maximum Gasteiger partial charge on any atom is 0.387 e. The SMILES string of the molecule is O=C(O)[C@@H]1CCCN1C(=O)CCc1ccc(OC(F)F)cc1. The number of carbonyl (C=O) groups is 2. The predicted molar refractivity (Wildman–Crippen MR) is 73.8 cm³/mol. The van der Waals surface area contributed by atoms with Crippen LogP contribution >= 0.6 is 0 Å². The van der Waals surface area contributed by atoms with E-state index in [-0.39, 0.29) is 18.1 Å². The molecular weight excluding hydrogens is 296 g/mol. The molecular formula is C15H17F2NO4. The van der Waals surface area contributed by atoms with E-state index in [1.807, 2.05) is 0 Å². The summed E-state index contributed by atoms with van der Waals surface area (Å²) in [6.07, 6.45) is 1.80. The number of ether oxygens (including phenoxy) is 1. The van der Waals surface area contributed by atoms with Gasteiger partial charge in [-0.2, -0.15) is 8.78 Å². The molecule has 1 aromatic carbocycles. The molecule has 1 heterocycles. The Morgan fingerprint density at radius 3 is 2.59 bits per heavy atom. The number of halogens is 2. The van der Waals surface area contributed by atoms with Crippen LogP contribution in [0.25, 0.3) is 0 Å². The number of carboxylic acid groups (broad SMARTS) is 1. The van der Waals surface area contributed by atoms with E-state index in [0.717, 1.165) is 5.56 Å². The molecule has 1 aromatic rings. The number of carboxylic acids is 1. The molecule has 1 aliphatic heterocycles. The zero-order valence-corrected chi connectivity index (χ0v) is 11.9. The van der Waals surface area contributed by atoms with Crippen LogP contribution in [-0.4, -0.2) is 41.1 Å². The molecule has 1 fully saturated rings. The first-order valence-corrected chi connectivity index (χ1v) is 7.03. The molecule has 1 amide bonds. The Morgan fingerprint density at radius 1 is 1.32 bits per heavy atom. The van der Waals surface area contributed by atoms with Crippen LogP contribution in [0.5, 0.6) is 5.75 Å². The average Bonchev–Trinajstić information content (AvgIpc) is 2.95. The molecule has 0 saturated carbocycles. The third kappa shape index (κ3) is 4.16. The van der Waals surface area contributed by atoms with Crippen molar-refractivity contribution in [3.8, 4) is 5.75 Å². The summed E-state index contributed by atoms with van der Waals surface area (Å²) in [5, 5.41) is 9.05. The lowest BCUT2D eigenvalue weighted by Crippen LogP contribution is -2.40. The highest BCUT2D eigenvalue weighted by Gasteiger charge is 2.33. The first-order chi connectivity index (χ1) is 10.5. The molecule has 1 aliphatic rings. The summed E-state index contributed by atoms with van der Waals surface area (Å²) in [7, 11) is 0. The monoisotopic (exact) mass is 313 g/mol. The van der Waals surface area contributed by atoms with Crippen LogP contribution in [0.4, 0.5) is 8.78 Å². The summed E-state index contributed by atoms with van der Waals surface area (Å²) >= 11 is 0. The lowest BCUT2D eigenvalue weighted by Gasteiger charge is -2.21. The largest absolute Gasteiger partial charge is 0.480 e. The van der Waals surface area contributed by atoms with Gasteiger partial charge < -0.3 is 14.7 Å². The number of alkyl halides is 2. The Kier molecular flexibility index (Phi) is 5.30. The molecule has 22 heavy (non-hydrogen) atoms. The Morgan fingerprint density at radius 2 is 2.00 bits per heavy atom. The molecule has 0 aliphatic carbocycles. The number of hydrogen-bond donors (Lipinski definition) is 1. The number of aliphatic carboxylic acids is 1. The quantitative estimate of drug-likeness (QED) is 0.875. The van der Waals surface area contributed by atoms with Gasteiger partial charge in [0.1, 0.15) is 11.8 Å². The lowest BCUT2D eigenvalue weighted by molar-refractivity contribution is -0.148. The average molecular weight is 313 g/mol. The van der Waals surface area contributed by atoms with Crippen molar-refractivity contribution in [1.82, 2.24) is 4.90 Å². The number of carbonyl (C=O) groups excluding carboxylic acids is 1. The van der Waals surface area contributed by atoms with E-state index in [1.54, 1.807) is 12.1 Å². The molecule has 0 spiro atoms. The summed E-state index contributed by atoms with van der Waals surface area (Å²) in [6.45, 7) is -2.40. The van der Waals surface area contributed by atoms with Crippen LogP contribution in [-0.2, 0) is 16.0 Å². The number of benzene rings is 1. The van der Waals surface area contributed by atoms with Gasteiger partial charge in [0.25, 0.3) is 0 Å². The number of amides is 1. The molecule has 1 saturated heterocycles. The van der Waals surface area contributed by atoms with Crippen molar-refractivity contribution in [3.05, 3.63) is 29.8 Å². The Balaban J connectivity index is 1.87. The molecule has 1 atom stereocenters. The van der Waals surface area contributed by atoms with Crippen molar-refractivity contribution in [1.29, 1.82) is 0 Å². The topological polar surface area (TPSA) is 66.8 Å². The minimum atomic E-state index is -2.87. The van der Waals surface area contributed by atoms with E-state index < -0.39 is 18.6 Å². The van der Waals surface area contributed by atoms with Gasteiger partial charge in [0.05, 0.1) is 0 Å². The fraction of sp³-hybridized carbons (Fsp3) is 0.467. The van der Waals surface area contributed by atoms with Crippen LogP contribution < -0.4 is 4.74 Å². The van der Waals surface area contributed by atoms with Gasteiger partial charge in [0, 0.05) is 13.0 Å². The number of likely N-dealkylation sites (tertiary alicyclic amines) is 1. The number of hydrogen-bond acceptors (Lipinski definition) is 3. The minimum absolute atomic E-state index is 0.0653. The van der Waals surface area contributed by atoms with Crippen LogP contribution in [0.1, 0.15) is 24.8 Å². The fourth-order valence-electron chi connectivity index (χ4n) is 2.55. The molecule has 0 aromatic heterocycles. The third-order valence-electron chi connectivity index (χ3n) is 3.63. The van der Waals surface area contributed by atoms with Gasteiger partial charge in [-0.1, -0.05) is 12.1 Å². The van der Waals surface area contributed by atoms with Crippen molar-refractivity contribution in [2.75, 3.05) is 6.54 Å². The van der Waals surface area contributed by atoms with Gasteiger partial charge in [-0.3, -0.25) is 4.79 Å². The summed E-state index contributed by atoms with van der Waals surface area (Å²) in [5.41, 5.74) is 0.807. The molecule has 0 unspecified atom stereocenters. The number of rotatable bonds is 6. The van der Waals surface area contributed by atoms with Crippen molar-refractivity contribution in [3.63, 3.8) is 0 Å². The molecule has 0 bridgehead atoms. The smallest absolute Gasteiger partial charge is 0.387 e. The molecule has 2 rings (SSSR count). The maximum absolute atomic E-state index is 12.1. The number of nitrogens with zero attached hydrogens (tertiary/aromatic N) is 1. The van der Waals surface area contributed by atoms with Gasteiger partial charge >= 0.3 is 12.6 Å². The number of aryl methyl sites for hydroxylation is 1.